The van der Waals surface area contributed by atoms with Crippen LogP contribution in [0.1, 0.15) is 10.4 Å². The summed E-state index contributed by atoms with van der Waals surface area (Å²) in [5.41, 5.74) is 0.786. The summed E-state index contributed by atoms with van der Waals surface area (Å²) in [5.74, 6) is 1.02. The van der Waals surface area contributed by atoms with Crippen LogP contribution in [0.4, 0.5) is 8.78 Å². The van der Waals surface area contributed by atoms with Crippen LogP contribution in [-0.2, 0) is 13.0 Å². The Labute approximate surface area is 179 Å². The van der Waals surface area contributed by atoms with Crippen LogP contribution in [0.3, 0.4) is 0 Å². The summed E-state index contributed by atoms with van der Waals surface area (Å²) < 4.78 is 34.6. The van der Waals surface area contributed by atoms with Crippen LogP contribution in [0, 0.1) is 0 Å². The number of thiophene rings is 1. The maximum atomic E-state index is 12.5. The molecular weight excluding hydrogens is 487 g/mol. The maximum absolute atomic E-state index is 12.5. The van der Waals surface area contributed by atoms with Crippen molar-refractivity contribution < 1.29 is 18.3 Å². The molecule has 150 valence electrons. The van der Waals surface area contributed by atoms with Gasteiger partial charge in [-0.2, -0.15) is 8.78 Å². The van der Waals surface area contributed by atoms with E-state index < -0.39 is 6.61 Å². The summed E-state index contributed by atoms with van der Waals surface area (Å²) in [4.78, 5) is 7.61. The van der Waals surface area contributed by atoms with Gasteiger partial charge in [-0.25, -0.2) is 0 Å². The number of likely N-dealkylation sites (N-methyl/N-ethyl adjacent to an activating group) is 1. The van der Waals surface area contributed by atoms with Gasteiger partial charge in [0.25, 0.3) is 0 Å². The number of methoxy groups -OCH3 is 1. The number of benzene rings is 1. The average molecular weight is 511 g/mol. The second-order valence-electron chi connectivity index (χ2n) is 5.52. The van der Waals surface area contributed by atoms with Gasteiger partial charge in [-0.05, 0) is 35.6 Å². The first-order valence-electron chi connectivity index (χ1n) is 8.09. The summed E-state index contributed by atoms with van der Waals surface area (Å²) in [6.45, 7) is -1.65. The van der Waals surface area contributed by atoms with Crippen LogP contribution in [0.15, 0.2) is 40.7 Å². The highest BCUT2D eigenvalue weighted by atomic mass is 127. The molecule has 27 heavy (non-hydrogen) atoms. The van der Waals surface area contributed by atoms with Crippen molar-refractivity contribution >= 4 is 41.3 Å². The molecule has 1 heterocycles. The molecule has 0 spiro atoms. The van der Waals surface area contributed by atoms with Gasteiger partial charge in [-0.15, -0.1) is 35.3 Å². The topological polar surface area (TPSA) is 46.1 Å². The van der Waals surface area contributed by atoms with Crippen LogP contribution < -0.4 is 14.8 Å². The second kappa shape index (κ2) is 12.0. The van der Waals surface area contributed by atoms with Gasteiger partial charge in [-0.1, -0.05) is 12.1 Å². The molecule has 1 N–H and O–H groups in total. The first-order valence-corrected chi connectivity index (χ1v) is 8.97. The lowest BCUT2D eigenvalue weighted by Gasteiger charge is -2.22. The number of alkyl halides is 2. The predicted molar refractivity (Wildman–Crippen MR) is 116 cm³/mol. The Hall–Kier alpha value is -1.62. The van der Waals surface area contributed by atoms with Gasteiger partial charge in [-0.3, -0.25) is 4.99 Å². The second-order valence-corrected chi connectivity index (χ2v) is 6.55. The van der Waals surface area contributed by atoms with Gasteiger partial charge in [0.1, 0.15) is 0 Å². The molecule has 1 aromatic heterocycles. The van der Waals surface area contributed by atoms with E-state index in [0.717, 1.165) is 24.5 Å². The predicted octanol–water partition coefficient (Wildman–Crippen LogP) is 4.23. The summed E-state index contributed by atoms with van der Waals surface area (Å²) in [6, 6.07) is 9.09. The minimum absolute atomic E-state index is 0. The molecule has 0 amide bonds. The first-order chi connectivity index (χ1) is 12.5. The molecule has 0 bridgehead atoms. The highest BCUT2D eigenvalue weighted by Gasteiger charge is 2.12. The summed E-state index contributed by atoms with van der Waals surface area (Å²) in [6.07, 6.45) is 0.934. The number of hydrogen-bond acceptors (Lipinski definition) is 4. The van der Waals surface area contributed by atoms with E-state index in [2.05, 4.69) is 26.5 Å². The quantitative estimate of drug-likeness (QED) is 0.328. The molecule has 0 radical (unpaired) electrons. The molecule has 2 rings (SSSR count). The average Bonchev–Trinajstić information content (AvgIpc) is 3.13. The van der Waals surface area contributed by atoms with Crippen molar-refractivity contribution in [3.8, 4) is 11.5 Å². The fraction of sp³-hybridized carbons (Fsp3) is 0.389. The standard InChI is InChI=1S/C18H23F2N3O2S.HI/c1-21-18(23(2)9-8-14-5-4-10-26-14)22-12-13-6-7-15(24-3)16(11-13)25-17(19)20;/h4-7,10-11,17H,8-9,12H2,1-3H3,(H,21,22);1H. The number of rotatable bonds is 8. The zero-order valence-corrected chi connectivity index (χ0v) is 18.6. The fourth-order valence-corrected chi connectivity index (χ4v) is 3.12. The summed E-state index contributed by atoms with van der Waals surface area (Å²) in [7, 11) is 5.08. The van der Waals surface area contributed by atoms with Gasteiger partial charge in [0.2, 0.25) is 0 Å². The van der Waals surface area contributed by atoms with E-state index in [4.69, 9.17) is 4.74 Å². The van der Waals surface area contributed by atoms with Gasteiger partial charge in [0.15, 0.2) is 17.5 Å². The third-order valence-electron chi connectivity index (χ3n) is 3.74. The van der Waals surface area contributed by atoms with Gasteiger partial charge >= 0.3 is 6.61 Å². The Kier molecular flexibility index (Phi) is 10.4. The number of guanidine groups is 1. The van der Waals surface area contributed by atoms with Crippen molar-refractivity contribution in [1.29, 1.82) is 0 Å². The van der Waals surface area contributed by atoms with Crippen molar-refractivity contribution in [3.63, 3.8) is 0 Å². The lowest BCUT2D eigenvalue weighted by molar-refractivity contribution is -0.0512. The Morgan fingerprint density at radius 3 is 2.67 bits per heavy atom. The molecule has 0 unspecified atom stereocenters. The Balaban J connectivity index is 0.00000364. The Bertz CT molecular complexity index is 715. The van der Waals surface area contributed by atoms with E-state index in [1.807, 2.05) is 18.0 Å². The van der Waals surface area contributed by atoms with E-state index in [9.17, 15) is 8.78 Å². The molecular formula is C18H24F2IN3O2S. The summed E-state index contributed by atoms with van der Waals surface area (Å²) in [5, 5.41) is 5.29. The molecule has 2 aromatic rings. The SMILES string of the molecule is CN=C(NCc1ccc(OC)c(OC(F)F)c1)N(C)CCc1cccs1.I. The zero-order chi connectivity index (χ0) is 18.9. The number of halogens is 3. The molecule has 0 aliphatic heterocycles. The lowest BCUT2D eigenvalue weighted by atomic mass is 10.2. The molecule has 0 saturated heterocycles. The molecule has 1 aromatic carbocycles. The lowest BCUT2D eigenvalue weighted by Crippen LogP contribution is -2.39. The van der Waals surface area contributed by atoms with Gasteiger partial charge in [0.05, 0.1) is 7.11 Å². The molecule has 5 nitrogen and oxygen atoms in total. The van der Waals surface area contributed by atoms with Crippen molar-refractivity contribution in [2.24, 2.45) is 4.99 Å². The molecule has 0 saturated carbocycles. The minimum atomic E-state index is -2.90. The zero-order valence-electron chi connectivity index (χ0n) is 15.4. The first kappa shape index (κ1) is 23.4. The highest BCUT2D eigenvalue weighted by molar-refractivity contribution is 14.0. The molecule has 0 atom stereocenters. The molecule has 0 aliphatic carbocycles. The van der Waals surface area contributed by atoms with Gasteiger partial charge < -0.3 is 19.7 Å². The van der Waals surface area contributed by atoms with E-state index in [-0.39, 0.29) is 35.5 Å². The van der Waals surface area contributed by atoms with E-state index in [1.54, 1.807) is 30.5 Å². The number of aliphatic imine (C=N–C) groups is 1. The van der Waals surface area contributed by atoms with E-state index in [0.29, 0.717) is 6.54 Å². The number of hydrogen-bond donors (Lipinski definition) is 1. The fourth-order valence-electron chi connectivity index (χ4n) is 2.42. The molecule has 0 fully saturated rings. The summed E-state index contributed by atoms with van der Waals surface area (Å²) >= 11 is 1.73. The van der Waals surface area contributed by atoms with Gasteiger partial charge in [0, 0.05) is 32.1 Å². The third-order valence-corrected chi connectivity index (χ3v) is 4.68. The van der Waals surface area contributed by atoms with E-state index in [1.165, 1.54) is 18.1 Å². The Morgan fingerprint density at radius 2 is 2.07 bits per heavy atom. The van der Waals surface area contributed by atoms with Crippen molar-refractivity contribution in [1.82, 2.24) is 10.2 Å². The van der Waals surface area contributed by atoms with E-state index >= 15 is 0 Å². The van der Waals surface area contributed by atoms with Crippen molar-refractivity contribution in [2.45, 2.75) is 19.6 Å². The maximum Gasteiger partial charge on any atom is 0.387 e. The molecule has 9 heteroatoms. The highest BCUT2D eigenvalue weighted by Crippen LogP contribution is 2.29. The number of nitrogens with zero attached hydrogens (tertiary/aromatic N) is 2. The third kappa shape index (κ3) is 7.49. The number of nitrogens with one attached hydrogen (secondary N) is 1. The van der Waals surface area contributed by atoms with Crippen LogP contribution >= 0.6 is 35.3 Å². The number of ether oxygens (including phenoxy) is 2. The normalized spacial score (nSPS) is 11.1. The van der Waals surface area contributed by atoms with Crippen LogP contribution in [0.25, 0.3) is 0 Å². The van der Waals surface area contributed by atoms with Crippen molar-refractivity contribution in [3.05, 3.63) is 46.2 Å². The minimum Gasteiger partial charge on any atom is -0.493 e. The van der Waals surface area contributed by atoms with Crippen molar-refractivity contribution in [2.75, 3.05) is 27.7 Å². The van der Waals surface area contributed by atoms with Crippen LogP contribution in [0.5, 0.6) is 11.5 Å². The molecule has 0 aliphatic rings. The smallest absolute Gasteiger partial charge is 0.387 e. The van der Waals surface area contributed by atoms with Crippen LogP contribution in [0.2, 0.25) is 0 Å². The van der Waals surface area contributed by atoms with Crippen LogP contribution in [-0.4, -0.2) is 45.2 Å². The largest absolute Gasteiger partial charge is 0.493 e. The monoisotopic (exact) mass is 511 g/mol. The Morgan fingerprint density at radius 1 is 1.30 bits per heavy atom.